The van der Waals surface area contributed by atoms with Crippen molar-refractivity contribution in [1.82, 2.24) is 10.2 Å². The highest BCUT2D eigenvalue weighted by Gasteiger charge is 2.15. The molecule has 0 unspecified atom stereocenters. The van der Waals surface area contributed by atoms with Crippen molar-refractivity contribution in [3.63, 3.8) is 0 Å². The zero-order chi connectivity index (χ0) is 13.9. The summed E-state index contributed by atoms with van der Waals surface area (Å²) in [5.41, 5.74) is 1.76. The maximum absolute atomic E-state index is 11.3. The fraction of sp³-hybridized carbons (Fsp3) is 0.308. The molecule has 20 heavy (non-hydrogen) atoms. The number of benzene rings is 1. The molecule has 104 valence electrons. The van der Waals surface area contributed by atoms with Gasteiger partial charge in [0.25, 0.3) is 5.91 Å². The number of carbonyl (C=O) groups excluding carboxylic acids is 1. The lowest BCUT2D eigenvalue weighted by atomic mass is 10.1. The number of ether oxygens (including phenoxy) is 1. The van der Waals surface area contributed by atoms with Gasteiger partial charge in [0.2, 0.25) is 5.13 Å². The number of aryl methyl sites for hydroxylation is 1. The Morgan fingerprint density at radius 1 is 1.45 bits per heavy atom. The normalized spacial score (nSPS) is 13.3. The first-order chi connectivity index (χ1) is 9.74. The predicted molar refractivity (Wildman–Crippen MR) is 77.2 cm³/mol. The molecule has 0 radical (unpaired) electrons. The minimum absolute atomic E-state index is 0.0785. The molecule has 0 fully saturated rings. The molecule has 0 spiro atoms. The van der Waals surface area contributed by atoms with Crippen molar-refractivity contribution in [2.75, 3.05) is 17.2 Å². The molecule has 0 bridgehead atoms. The smallest absolute Gasteiger partial charge is 0.262 e. The second-order valence-electron chi connectivity index (χ2n) is 4.38. The van der Waals surface area contributed by atoms with E-state index in [9.17, 15) is 4.79 Å². The van der Waals surface area contributed by atoms with Gasteiger partial charge in [-0.15, -0.1) is 10.2 Å². The number of rotatable bonds is 4. The van der Waals surface area contributed by atoms with E-state index in [-0.39, 0.29) is 12.5 Å². The van der Waals surface area contributed by atoms with Crippen molar-refractivity contribution in [1.29, 1.82) is 0 Å². The van der Waals surface area contributed by atoms with Crippen molar-refractivity contribution in [3.05, 3.63) is 28.8 Å². The first-order valence-corrected chi connectivity index (χ1v) is 7.18. The summed E-state index contributed by atoms with van der Waals surface area (Å²) in [7, 11) is 0. The third kappa shape index (κ3) is 2.72. The van der Waals surface area contributed by atoms with Gasteiger partial charge in [0.05, 0.1) is 5.69 Å². The van der Waals surface area contributed by atoms with Crippen LogP contribution in [-0.2, 0) is 17.8 Å². The molecule has 1 aromatic carbocycles. The molecule has 3 rings (SSSR count). The lowest BCUT2D eigenvalue weighted by Crippen LogP contribution is -2.25. The summed E-state index contributed by atoms with van der Waals surface area (Å²) in [5.74, 6) is 0.580. The van der Waals surface area contributed by atoms with Crippen molar-refractivity contribution < 1.29 is 9.53 Å². The van der Waals surface area contributed by atoms with Crippen LogP contribution in [0, 0.1) is 0 Å². The van der Waals surface area contributed by atoms with Crippen LogP contribution < -0.4 is 15.4 Å². The third-order valence-corrected chi connectivity index (χ3v) is 3.92. The van der Waals surface area contributed by atoms with Gasteiger partial charge in [-0.2, -0.15) is 0 Å². The van der Waals surface area contributed by atoms with Crippen molar-refractivity contribution in [2.24, 2.45) is 0 Å². The van der Waals surface area contributed by atoms with Gasteiger partial charge in [-0.3, -0.25) is 4.79 Å². The van der Waals surface area contributed by atoms with Crippen molar-refractivity contribution in [2.45, 2.75) is 19.9 Å². The lowest BCUT2D eigenvalue weighted by Gasteiger charge is -2.18. The fourth-order valence-electron chi connectivity index (χ4n) is 1.89. The average molecular weight is 290 g/mol. The van der Waals surface area contributed by atoms with Crippen LogP contribution in [0.4, 0.5) is 10.8 Å². The summed E-state index contributed by atoms with van der Waals surface area (Å²) in [4.78, 5) is 11.3. The maximum Gasteiger partial charge on any atom is 0.262 e. The monoisotopic (exact) mass is 290 g/mol. The first kappa shape index (κ1) is 12.9. The highest BCUT2D eigenvalue weighted by atomic mass is 32.1. The number of amides is 1. The van der Waals surface area contributed by atoms with Crippen LogP contribution in [0.15, 0.2) is 18.2 Å². The molecule has 1 amide bonds. The number of nitrogens with zero attached hydrogens (tertiary/aromatic N) is 2. The number of anilines is 2. The third-order valence-electron chi connectivity index (χ3n) is 2.89. The molecule has 1 aromatic heterocycles. The molecule has 1 aliphatic rings. The molecule has 2 N–H and O–H groups in total. The molecule has 0 saturated carbocycles. The maximum atomic E-state index is 11.3. The highest BCUT2D eigenvalue weighted by molar-refractivity contribution is 7.15. The topological polar surface area (TPSA) is 76.1 Å². The zero-order valence-corrected chi connectivity index (χ0v) is 11.8. The van der Waals surface area contributed by atoms with Gasteiger partial charge in [-0.05, 0) is 24.1 Å². The molecule has 0 saturated heterocycles. The molecule has 0 atom stereocenters. The van der Waals surface area contributed by atoms with Crippen LogP contribution in [0.2, 0.25) is 0 Å². The molecule has 2 aromatic rings. The Hall–Kier alpha value is -2.15. The molecule has 2 heterocycles. The molecule has 7 heteroatoms. The second-order valence-corrected chi connectivity index (χ2v) is 5.44. The number of carbonyl (C=O) groups is 1. The summed E-state index contributed by atoms with van der Waals surface area (Å²) in [6, 6.07) is 5.73. The van der Waals surface area contributed by atoms with E-state index in [4.69, 9.17) is 4.74 Å². The summed E-state index contributed by atoms with van der Waals surface area (Å²) in [5, 5.41) is 16.0. The van der Waals surface area contributed by atoms with Crippen LogP contribution in [-0.4, -0.2) is 22.7 Å². The molecular weight excluding hydrogens is 276 g/mol. The minimum atomic E-state index is -0.126. The van der Waals surface area contributed by atoms with Crippen LogP contribution >= 0.6 is 11.3 Å². The predicted octanol–water partition coefficient (Wildman–Crippen LogP) is 2.04. The van der Waals surface area contributed by atoms with Crippen molar-refractivity contribution in [3.8, 4) is 5.75 Å². The Morgan fingerprint density at radius 2 is 2.35 bits per heavy atom. The van der Waals surface area contributed by atoms with E-state index in [2.05, 4.69) is 27.8 Å². The Bertz CT molecular complexity index is 641. The summed E-state index contributed by atoms with van der Waals surface area (Å²) in [6.45, 7) is 2.76. The molecular formula is C13H14N4O2S. The zero-order valence-electron chi connectivity index (χ0n) is 11.0. The fourth-order valence-corrected chi connectivity index (χ4v) is 2.56. The summed E-state index contributed by atoms with van der Waals surface area (Å²) >= 11 is 1.55. The van der Waals surface area contributed by atoms with E-state index in [1.807, 2.05) is 18.2 Å². The van der Waals surface area contributed by atoms with E-state index in [0.717, 1.165) is 22.1 Å². The van der Waals surface area contributed by atoms with Gasteiger partial charge in [0.1, 0.15) is 10.8 Å². The Morgan fingerprint density at radius 3 is 3.15 bits per heavy atom. The van der Waals surface area contributed by atoms with Crippen LogP contribution in [0.25, 0.3) is 0 Å². The Balaban J connectivity index is 1.68. The quantitative estimate of drug-likeness (QED) is 0.901. The van der Waals surface area contributed by atoms with Crippen molar-refractivity contribution >= 4 is 28.1 Å². The number of hydrogen-bond acceptors (Lipinski definition) is 6. The Kier molecular flexibility index (Phi) is 3.51. The molecule has 0 aliphatic carbocycles. The van der Waals surface area contributed by atoms with Gasteiger partial charge in [0, 0.05) is 6.54 Å². The first-order valence-electron chi connectivity index (χ1n) is 6.36. The van der Waals surface area contributed by atoms with E-state index in [0.29, 0.717) is 18.0 Å². The van der Waals surface area contributed by atoms with Crippen LogP contribution in [0.5, 0.6) is 5.75 Å². The van der Waals surface area contributed by atoms with E-state index in [1.165, 1.54) is 0 Å². The number of nitrogens with one attached hydrogen (secondary N) is 2. The van der Waals surface area contributed by atoms with E-state index >= 15 is 0 Å². The van der Waals surface area contributed by atoms with Gasteiger partial charge < -0.3 is 15.4 Å². The minimum Gasteiger partial charge on any atom is -0.482 e. The second kappa shape index (κ2) is 5.46. The van der Waals surface area contributed by atoms with E-state index < -0.39 is 0 Å². The van der Waals surface area contributed by atoms with Crippen LogP contribution in [0.1, 0.15) is 17.5 Å². The van der Waals surface area contributed by atoms with Gasteiger partial charge in [0.15, 0.2) is 6.61 Å². The molecule has 1 aliphatic heterocycles. The largest absolute Gasteiger partial charge is 0.482 e. The number of fused-ring (bicyclic) bond motifs is 1. The number of aromatic nitrogens is 2. The number of hydrogen-bond donors (Lipinski definition) is 2. The highest BCUT2D eigenvalue weighted by Crippen LogP contribution is 2.28. The van der Waals surface area contributed by atoms with Gasteiger partial charge >= 0.3 is 0 Å². The van der Waals surface area contributed by atoms with Gasteiger partial charge in [-0.1, -0.05) is 24.3 Å². The molecule has 6 nitrogen and oxygen atoms in total. The SMILES string of the molecule is CCc1nnc(NCc2ccc3c(c2)NC(=O)CO3)s1. The summed E-state index contributed by atoms with van der Waals surface area (Å²) < 4.78 is 5.32. The summed E-state index contributed by atoms with van der Waals surface area (Å²) in [6.07, 6.45) is 0.890. The lowest BCUT2D eigenvalue weighted by molar-refractivity contribution is -0.118. The van der Waals surface area contributed by atoms with E-state index in [1.54, 1.807) is 11.3 Å². The van der Waals surface area contributed by atoms with Crippen LogP contribution in [0.3, 0.4) is 0 Å². The standard InChI is InChI=1S/C13H14N4O2S/c1-2-12-16-17-13(20-12)14-6-8-3-4-10-9(5-8)15-11(18)7-19-10/h3-5H,2,6-7H2,1H3,(H,14,17)(H,15,18). The average Bonchev–Trinajstić information content (AvgIpc) is 2.92. The Labute approximate surface area is 120 Å². The van der Waals surface area contributed by atoms with Gasteiger partial charge in [-0.25, -0.2) is 0 Å².